The average molecular weight is 567 g/mol. The van der Waals surface area contributed by atoms with E-state index < -0.39 is 7.36 Å². The number of rotatable bonds is 6. The van der Waals surface area contributed by atoms with Crippen LogP contribution in [0.4, 0.5) is 0 Å². The van der Waals surface area contributed by atoms with E-state index in [1.165, 1.54) is 22.3 Å². The van der Waals surface area contributed by atoms with Gasteiger partial charge in [0.05, 0.1) is 0 Å². The van der Waals surface area contributed by atoms with Crippen molar-refractivity contribution in [1.82, 2.24) is 0 Å². The molecule has 26 heavy (non-hydrogen) atoms. The molecule has 0 saturated heterocycles. The van der Waals surface area contributed by atoms with Crippen molar-refractivity contribution in [1.29, 1.82) is 0 Å². The van der Waals surface area contributed by atoms with Crippen LogP contribution >= 0.6 is 11.6 Å². The molecule has 1 aromatic carbocycles. The molecule has 0 amide bonds. The van der Waals surface area contributed by atoms with Gasteiger partial charge in [0.2, 0.25) is 0 Å². The van der Waals surface area contributed by atoms with Gasteiger partial charge in [-0.1, -0.05) is 6.92 Å². The second kappa shape index (κ2) is 8.68. The standard InChI is InChI=1S/C22H29ClOS.Os/c1-6-16(8-11-18(23)7-2)20-14-22(3,4)15-21(20)17-9-12-19(13-10-17)25(5)24;/h8-13H,6-7,14-15H2,1-5H3;/b16-8+,18-11+;. The molecule has 1 aliphatic carbocycles. The summed E-state index contributed by atoms with van der Waals surface area (Å²) >= 11 is 7.79. The molecule has 4 heteroatoms. The van der Waals surface area contributed by atoms with E-state index in [-0.39, 0.29) is 5.41 Å². The van der Waals surface area contributed by atoms with Crippen molar-refractivity contribution in [3.8, 4) is 0 Å². The summed E-state index contributed by atoms with van der Waals surface area (Å²) in [6.45, 7) is 8.96. The average Bonchev–Trinajstić information content (AvgIpc) is 2.90. The summed E-state index contributed by atoms with van der Waals surface area (Å²) in [5, 5.41) is 0.890. The van der Waals surface area contributed by atoms with Crippen LogP contribution in [0.3, 0.4) is 0 Å². The van der Waals surface area contributed by atoms with Crippen molar-refractivity contribution in [2.45, 2.75) is 58.3 Å². The van der Waals surface area contributed by atoms with Crippen LogP contribution in [0.25, 0.3) is 5.57 Å². The topological polar surface area (TPSA) is 17.1 Å². The van der Waals surface area contributed by atoms with Gasteiger partial charge in [0.25, 0.3) is 0 Å². The van der Waals surface area contributed by atoms with E-state index in [2.05, 4.69) is 45.9 Å². The normalized spacial score (nSPS) is 20.4. The van der Waals surface area contributed by atoms with Gasteiger partial charge >= 0.3 is 167 Å². The van der Waals surface area contributed by atoms with Crippen molar-refractivity contribution < 1.29 is 21.0 Å². The SMILES string of the molecule is CC/C(Cl)=C\C=C(/CC)C1=C(c2ccc([S](C)(=O)=[Os])cc2)CC(C)(C)C1. The third-order valence-electron chi connectivity index (χ3n) is 4.86. The maximum absolute atomic E-state index is 12.3. The summed E-state index contributed by atoms with van der Waals surface area (Å²) in [5.74, 6) is 0. The maximum atomic E-state index is 12.3. The predicted octanol–water partition coefficient (Wildman–Crippen LogP) is 6.86. The van der Waals surface area contributed by atoms with Crippen LogP contribution in [0.5, 0.6) is 0 Å². The summed E-state index contributed by atoms with van der Waals surface area (Å²) in [6, 6.07) is 8.35. The van der Waals surface area contributed by atoms with E-state index in [4.69, 9.17) is 11.6 Å². The van der Waals surface area contributed by atoms with Crippen LogP contribution in [0.15, 0.2) is 57.5 Å². The molecule has 2 rings (SSSR count). The fraction of sp³-hybridized carbons (Fsp3) is 0.455. The summed E-state index contributed by atoms with van der Waals surface area (Å²) < 4.78 is 12.3. The van der Waals surface area contributed by atoms with Crippen molar-refractivity contribution in [3.63, 3.8) is 0 Å². The molecule has 1 unspecified atom stereocenters. The minimum absolute atomic E-state index is 0.264. The van der Waals surface area contributed by atoms with Crippen LogP contribution in [-0.2, 0) is 24.2 Å². The first-order chi connectivity index (χ1) is 12.1. The molecule has 0 heterocycles. The molecule has 0 aliphatic heterocycles. The molecule has 1 atom stereocenters. The van der Waals surface area contributed by atoms with E-state index in [1.54, 1.807) is 16.8 Å². The first-order valence-electron chi connectivity index (χ1n) is 9.13. The molecule has 1 aliphatic rings. The van der Waals surface area contributed by atoms with Gasteiger partial charge in [0.15, 0.2) is 0 Å². The molecule has 0 fully saturated rings. The van der Waals surface area contributed by atoms with Crippen LogP contribution in [-0.4, -0.2) is 10.5 Å². The summed E-state index contributed by atoms with van der Waals surface area (Å²) in [4.78, 5) is 0.933. The first kappa shape index (κ1) is 21.8. The Balaban J connectivity index is 2.51. The minimum atomic E-state index is -1.89. The third-order valence-corrected chi connectivity index (χ3v) is 8.16. The van der Waals surface area contributed by atoms with Crippen molar-refractivity contribution in [2.24, 2.45) is 5.41 Å². The van der Waals surface area contributed by atoms with Gasteiger partial charge in [-0.25, -0.2) is 0 Å². The number of hydrogen-bond donors (Lipinski definition) is 0. The van der Waals surface area contributed by atoms with Gasteiger partial charge in [-0.05, 0) is 0 Å². The summed E-state index contributed by atoms with van der Waals surface area (Å²) in [7, 11) is -1.89. The molecule has 144 valence electrons. The Morgan fingerprint density at radius 3 is 2.27 bits per heavy atom. The molecule has 1 aromatic rings. The van der Waals surface area contributed by atoms with Crippen molar-refractivity contribution in [2.75, 3.05) is 6.26 Å². The van der Waals surface area contributed by atoms with Crippen molar-refractivity contribution >= 4 is 24.5 Å². The Labute approximate surface area is 173 Å². The summed E-state index contributed by atoms with van der Waals surface area (Å²) in [6.07, 6.45) is 10.1. The number of allylic oxidation sites excluding steroid dienone is 6. The number of benzene rings is 1. The molecule has 0 radical (unpaired) electrons. The molecule has 0 aromatic heterocycles. The quantitative estimate of drug-likeness (QED) is 0.344. The van der Waals surface area contributed by atoms with Crippen LogP contribution in [0, 0.1) is 5.41 Å². The van der Waals surface area contributed by atoms with E-state index in [9.17, 15) is 4.21 Å². The Morgan fingerprint density at radius 1 is 1.15 bits per heavy atom. The predicted molar refractivity (Wildman–Crippen MR) is 111 cm³/mol. The zero-order valence-corrected chi connectivity index (χ0v) is 20.5. The zero-order valence-electron chi connectivity index (χ0n) is 16.3. The Kier molecular flexibility index (Phi) is 7.28. The molecule has 0 saturated carbocycles. The van der Waals surface area contributed by atoms with Gasteiger partial charge in [-0.3, -0.25) is 0 Å². The second-order valence-electron chi connectivity index (χ2n) is 7.74. The van der Waals surface area contributed by atoms with E-state index in [0.29, 0.717) is 0 Å². The van der Waals surface area contributed by atoms with E-state index >= 15 is 0 Å². The van der Waals surface area contributed by atoms with Gasteiger partial charge < -0.3 is 0 Å². The second-order valence-corrected chi connectivity index (χ2v) is 16.1. The Bertz CT molecular complexity index is 856. The molecular formula is C22H29ClOOsS. The van der Waals surface area contributed by atoms with Crippen LogP contribution < -0.4 is 0 Å². The number of hydrogen-bond acceptors (Lipinski definition) is 1. The van der Waals surface area contributed by atoms with Gasteiger partial charge in [0.1, 0.15) is 0 Å². The zero-order chi connectivity index (χ0) is 19.5. The van der Waals surface area contributed by atoms with Crippen molar-refractivity contribution in [3.05, 3.63) is 58.2 Å². The first-order valence-corrected chi connectivity index (χ1v) is 14.5. The fourth-order valence-electron chi connectivity index (χ4n) is 3.45. The van der Waals surface area contributed by atoms with Crippen LogP contribution in [0.2, 0.25) is 0 Å². The van der Waals surface area contributed by atoms with E-state index in [0.717, 1.165) is 35.6 Å². The molecule has 0 spiro atoms. The van der Waals surface area contributed by atoms with Gasteiger partial charge in [-0.2, -0.15) is 0 Å². The fourth-order valence-corrected chi connectivity index (χ4v) is 5.17. The molecule has 0 bridgehead atoms. The monoisotopic (exact) mass is 568 g/mol. The molecule has 0 N–H and O–H groups in total. The molecular weight excluding hydrogens is 538 g/mol. The third kappa shape index (κ3) is 5.51. The number of halogens is 1. The summed E-state index contributed by atoms with van der Waals surface area (Å²) in [5.41, 5.74) is 5.78. The molecule has 1 nitrogen and oxygen atoms in total. The van der Waals surface area contributed by atoms with Gasteiger partial charge in [0, 0.05) is 0 Å². The van der Waals surface area contributed by atoms with Crippen LogP contribution in [0.1, 0.15) is 58.9 Å². The Morgan fingerprint density at radius 2 is 1.77 bits per heavy atom. The van der Waals surface area contributed by atoms with E-state index in [1.807, 2.05) is 24.5 Å². The Hall–Kier alpha value is -0.484. The van der Waals surface area contributed by atoms with Gasteiger partial charge in [-0.15, -0.1) is 0 Å².